The van der Waals surface area contributed by atoms with E-state index in [9.17, 15) is 9.59 Å². The first-order valence-corrected chi connectivity index (χ1v) is 12.9. The molecule has 3 aromatic rings. The number of hydrogen-bond acceptors (Lipinski definition) is 9. The van der Waals surface area contributed by atoms with Gasteiger partial charge in [-0.2, -0.15) is 4.98 Å². The van der Waals surface area contributed by atoms with Gasteiger partial charge in [-0.3, -0.25) is 14.5 Å². The van der Waals surface area contributed by atoms with Crippen molar-refractivity contribution in [3.05, 3.63) is 71.6 Å². The number of methoxy groups -OCH3 is 1. The van der Waals surface area contributed by atoms with Crippen molar-refractivity contribution < 1.29 is 14.3 Å². The monoisotopic (exact) mass is 529 g/mol. The molecule has 1 aliphatic rings. The molecule has 0 saturated carbocycles. The molecular formula is C29H35N7O3. The molecule has 1 aliphatic heterocycles. The number of aromatic nitrogens is 3. The van der Waals surface area contributed by atoms with Crippen LogP contribution in [0.4, 0.5) is 23.1 Å². The second-order valence-electron chi connectivity index (χ2n) is 9.64. The lowest BCUT2D eigenvalue weighted by Crippen LogP contribution is -2.47. The highest BCUT2D eigenvalue weighted by Gasteiger charge is 2.19. The Balaban J connectivity index is 1.54. The Bertz CT molecular complexity index is 1370. The zero-order chi connectivity index (χ0) is 27.9. The molecule has 0 aliphatic carbocycles. The summed E-state index contributed by atoms with van der Waals surface area (Å²) >= 11 is 0. The fraction of sp³-hybridized carbons (Fsp3) is 0.345. The summed E-state index contributed by atoms with van der Waals surface area (Å²) in [7, 11) is 1.57. The van der Waals surface area contributed by atoms with E-state index in [4.69, 9.17) is 9.72 Å². The number of pyridine rings is 1. The molecule has 4 rings (SSSR count). The average molecular weight is 530 g/mol. The van der Waals surface area contributed by atoms with Crippen LogP contribution in [-0.2, 0) is 22.6 Å². The molecule has 0 spiro atoms. The van der Waals surface area contributed by atoms with E-state index >= 15 is 0 Å². The molecule has 0 radical (unpaired) electrons. The number of anilines is 4. The quantitative estimate of drug-likeness (QED) is 0.377. The van der Waals surface area contributed by atoms with Crippen molar-refractivity contribution in [2.45, 2.75) is 33.7 Å². The van der Waals surface area contributed by atoms with Crippen LogP contribution in [0.25, 0.3) is 0 Å². The Hall–Kier alpha value is -4.31. The van der Waals surface area contributed by atoms with Gasteiger partial charge in [0, 0.05) is 75.8 Å². The molecule has 0 atom stereocenters. The number of allylic oxidation sites excluding steroid dienone is 1. The maximum atomic E-state index is 12.4. The molecule has 204 valence electrons. The average Bonchev–Trinajstić information content (AvgIpc) is 2.93. The van der Waals surface area contributed by atoms with Gasteiger partial charge in [0.2, 0.25) is 17.7 Å². The molecule has 0 unspecified atom stereocenters. The van der Waals surface area contributed by atoms with Gasteiger partial charge in [0.25, 0.3) is 0 Å². The van der Waals surface area contributed by atoms with E-state index in [1.165, 1.54) is 6.08 Å². The maximum absolute atomic E-state index is 12.4. The van der Waals surface area contributed by atoms with Crippen LogP contribution in [0.15, 0.2) is 49.3 Å². The Morgan fingerprint density at radius 2 is 1.77 bits per heavy atom. The van der Waals surface area contributed by atoms with Gasteiger partial charge in [0.1, 0.15) is 5.82 Å². The van der Waals surface area contributed by atoms with Gasteiger partial charge in [-0.05, 0) is 42.7 Å². The number of hydrogen-bond donors (Lipinski definition) is 2. The number of ether oxygens (including phenoxy) is 1. The number of nitrogens with zero attached hydrogens (tertiary/aromatic N) is 5. The third kappa shape index (κ3) is 7.17. The number of benzene rings is 1. The molecule has 2 aromatic heterocycles. The first-order chi connectivity index (χ1) is 18.7. The Kier molecular flexibility index (Phi) is 8.88. The first-order valence-electron chi connectivity index (χ1n) is 12.9. The fourth-order valence-electron chi connectivity index (χ4n) is 4.38. The minimum atomic E-state index is -0.0610. The van der Waals surface area contributed by atoms with Crippen molar-refractivity contribution in [1.29, 1.82) is 0 Å². The zero-order valence-electron chi connectivity index (χ0n) is 23.0. The Morgan fingerprint density at radius 1 is 1.03 bits per heavy atom. The summed E-state index contributed by atoms with van der Waals surface area (Å²) in [6.07, 6.45) is 5.04. The number of aryl methyl sites for hydroxylation is 2. The molecule has 2 N–H and O–H groups in total. The van der Waals surface area contributed by atoms with Crippen molar-refractivity contribution in [1.82, 2.24) is 24.8 Å². The predicted molar refractivity (Wildman–Crippen MR) is 152 cm³/mol. The highest BCUT2D eigenvalue weighted by molar-refractivity contribution is 5.92. The van der Waals surface area contributed by atoms with Crippen LogP contribution >= 0.6 is 0 Å². The molecule has 10 heteroatoms. The van der Waals surface area contributed by atoms with Crippen LogP contribution < -0.4 is 15.4 Å². The summed E-state index contributed by atoms with van der Waals surface area (Å²) in [5, 5.41) is 6.65. The standard InChI is InChI=1S/C29H35N7O3/c1-6-24(38)14-23-13-22(18-35-9-11-36(12-10-35)21(4)37)7-8-25(23)32-28-20(3)17-31-29(34-28)33-26-15-27(39-5)30-16-19(26)2/h6-8,13,15-17H,1,9-12,14,18H2,2-5H3,(H2,30,31,32,33,34). The first kappa shape index (κ1) is 27.7. The van der Waals surface area contributed by atoms with Gasteiger partial charge in [-0.15, -0.1) is 0 Å². The molecule has 1 amide bonds. The van der Waals surface area contributed by atoms with E-state index in [0.29, 0.717) is 17.6 Å². The molecule has 1 saturated heterocycles. The summed E-state index contributed by atoms with van der Waals surface area (Å²) in [4.78, 5) is 41.5. The van der Waals surface area contributed by atoms with Crippen molar-refractivity contribution in [3.8, 4) is 5.88 Å². The SMILES string of the molecule is C=CC(=O)Cc1cc(CN2CCN(C(C)=O)CC2)ccc1Nc1nc(Nc2cc(OC)ncc2C)ncc1C. The Morgan fingerprint density at radius 3 is 2.46 bits per heavy atom. The van der Waals surface area contributed by atoms with Crippen molar-refractivity contribution in [3.63, 3.8) is 0 Å². The second kappa shape index (κ2) is 12.5. The minimum absolute atomic E-state index is 0.0610. The largest absolute Gasteiger partial charge is 0.481 e. The fourth-order valence-corrected chi connectivity index (χ4v) is 4.38. The van der Waals surface area contributed by atoms with Crippen molar-refractivity contribution in [2.24, 2.45) is 0 Å². The molecule has 1 aromatic carbocycles. The second-order valence-corrected chi connectivity index (χ2v) is 9.64. The van der Waals surface area contributed by atoms with Gasteiger partial charge >= 0.3 is 0 Å². The van der Waals surface area contributed by atoms with E-state index in [1.54, 1.807) is 32.5 Å². The summed E-state index contributed by atoms with van der Waals surface area (Å²) in [5.74, 6) is 1.60. The van der Waals surface area contributed by atoms with Crippen LogP contribution in [0.3, 0.4) is 0 Å². The van der Waals surface area contributed by atoms with Crippen molar-refractivity contribution >= 4 is 34.8 Å². The Labute approximate surface area is 229 Å². The summed E-state index contributed by atoms with van der Waals surface area (Å²) in [6.45, 7) is 13.0. The van der Waals surface area contributed by atoms with Gasteiger partial charge in [-0.1, -0.05) is 18.7 Å². The third-order valence-corrected chi connectivity index (χ3v) is 6.74. The zero-order valence-corrected chi connectivity index (χ0v) is 23.0. The van der Waals surface area contributed by atoms with Crippen LogP contribution in [0.1, 0.15) is 29.2 Å². The number of nitrogens with one attached hydrogen (secondary N) is 2. The number of carbonyl (C=O) groups is 2. The summed E-state index contributed by atoms with van der Waals surface area (Å²) in [5.41, 5.74) is 5.35. The van der Waals surface area contributed by atoms with Crippen LogP contribution in [-0.4, -0.2) is 69.7 Å². The predicted octanol–water partition coefficient (Wildman–Crippen LogP) is 3.95. The topological polar surface area (TPSA) is 113 Å². The lowest BCUT2D eigenvalue weighted by molar-refractivity contribution is -0.130. The molecule has 10 nitrogen and oxygen atoms in total. The van der Waals surface area contributed by atoms with Crippen LogP contribution in [0.5, 0.6) is 5.88 Å². The number of carbonyl (C=O) groups excluding carboxylic acids is 2. The van der Waals surface area contributed by atoms with E-state index in [-0.39, 0.29) is 18.1 Å². The van der Waals surface area contributed by atoms with E-state index in [0.717, 1.165) is 66.4 Å². The number of ketones is 1. The van der Waals surface area contributed by atoms with Gasteiger partial charge in [-0.25, -0.2) is 9.97 Å². The normalized spacial score (nSPS) is 13.6. The highest BCUT2D eigenvalue weighted by Crippen LogP contribution is 2.27. The van der Waals surface area contributed by atoms with E-state index < -0.39 is 0 Å². The highest BCUT2D eigenvalue weighted by atomic mass is 16.5. The minimum Gasteiger partial charge on any atom is -0.481 e. The molecule has 0 bridgehead atoms. The number of rotatable bonds is 10. The van der Waals surface area contributed by atoms with Crippen LogP contribution in [0, 0.1) is 13.8 Å². The molecule has 3 heterocycles. The van der Waals surface area contributed by atoms with Crippen molar-refractivity contribution in [2.75, 3.05) is 43.9 Å². The number of amides is 1. The smallest absolute Gasteiger partial charge is 0.229 e. The maximum Gasteiger partial charge on any atom is 0.229 e. The number of piperazine rings is 1. The van der Waals surface area contributed by atoms with E-state index in [2.05, 4.69) is 44.2 Å². The molecular weight excluding hydrogens is 494 g/mol. The molecule has 39 heavy (non-hydrogen) atoms. The summed E-state index contributed by atoms with van der Waals surface area (Å²) in [6, 6.07) is 7.90. The summed E-state index contributed by atoms with van der Waals surface area (Å²) < 4.78 is 5.24. The molecule has 1 fully saturated rings. The lowest BCUT2D eigenvalue weighted by atomic mass is 10.0. The van der Waals surface area contributed by atoms with Crippen LogP contribution in [0.2, 0.25) is 0 Å². The van der Waals surface area contributed by atoms with Gasteiger partial charge in [0.15, 0.2) is 5.78 Å². The lowest BCUT2D eigenvalue weighted by Gasteiger charge is -2.34. The van der Waals surface area contributed by atoms with Gasteiger partial charge in [0.05, 0.1) is 12.8 Å². The third-order valence-electron chi connectivity index (χ3n) is 6.74. The van der Waals surface area contributed by atoms with Gasteiger partial charge < -0.3 is 20.3 Å². The van der Waals surface area contributed by atoms with E-state index in [1.807, 2.05) is 24.8 Å².